The topological polar surface area (TPSA) is 74.6 Å². The zero-order valence-corrected chi connectivity index (χ0v) is 14.8. The first-order chi connectivity index (χ1) is 10.3. The fourth-order valence-electron chi connectivity index (χ4n) is 3.44. The molecular weight excluding hydrogens is 280 g/mol. The van der Waals surface area contributed by atoms with Gasteiger partial charge in [-0.05, 0) is 38.5 Å². The first kappa shape index (κ1) is 20.9. The summed E-state index contributed by atoms with van der Waals surface area (Å²) in [4.78, 5) is 23.0. The van der Waals surface area contributed by atoms with Crippen molar-refractivity contribution in [3.63, 3.8) is 0 Å². The first-order valence-electron chi connectivity index (χ1n) is 8.81. The van der Waals surface area contributed by atoms with Crippen LogP contribution in [-0.2, 0) is 9.59 Å². The van der Waals surface area contributed by atoms with Crippen LogP contribution in [0, 0.1) is 10.8 Å². The number of unbranched alkanes of at least 4 members (excludes halogenated alkanes) is 2. The quantitative estimate of drug-likeness (QED) is 0.463. The van der Waals surface area contributed by atoms with Crippen molar-refractivity contribution in [1.82, 2.24) is 0 Å². The summed E-state index contributed by atoms with van der Waals surface area (Å²) in [5, 5.41) is 18.9. The van der Waals surface area contributed by atoms with Gasteiger partial charge in [0, 0.05) is 0 Å². The maximum Gasteiger partial charge on any atom is 0.309 e. The van der Waals surface area contributed by atoms with E-state index in [2.05, 4.69) is 0 Å². The largest absolute Gasteiger partial charge is 0.481 e. The maximum absolute atomic E-state index is 11.6. The molecule has 0 aromatic rings. The maximum atomic E-state index is 11.6. The third-order valence-corrected chi connectivity index (χ3v) is 5.48. The van der Waals surface area contributed by atoms with Crippen LogP contribution in [0.1, 0.15) is 91.9 Å². The molecule has 0 fully saturated rings. The molecule has 4 heteroatoms. The van der Waals surface area contributed by atoms with Crippen molar-refractivity contribution in [2.24, 2.45) is 10.8 Å². The van der Waals surface area contributed by atoms with Gasteiger partial charge in [0.05, 0.1) is 10.8 Å². The fourth-order valence-corrected chi connectivity index (χ4v) is 3.44. The number of carbonyl (C=O) groups is 2. The Morgan fingerprint density at radius 1 is 0.682 bits per heavy atom. The lowest BCUT2D eigenvalue weighted by molar-refractivity contribution is -0.150. The number of carboxylic acids is 2. The van der Waals surface area contributed by atoms with Gasteiger partial charge in [-0.3, -0.25) is 9.59 Å². The minimum atomic E-state index is -0.697. The van der Waals surface area contributed by atoms with Crippen LogP contribution in [0.25, 0.3) is 0 Å². The van der Waals surface area contributed by atoms with Crippen molar-refractivity contribution in [2.45, 2.75) is 91.9 Å². The number of aliphatic carboxylic acids is 2. The highest BCUT2D eigenvalue weighted by molar-refractivity contribution is 5.74. The third kappa shape index (κ3) is 5.29. The van der Waals surface area contributed by atoms with Gasteiger partial charge >= 0.3 is 11.9 Å². The highest BCUT2D eigenvalue weighted by Gasteiger charge is 2.36. The van der Waals surface area contributed by atoms with Gasteiger partial charge in [-0.25, -0.2) is 0 Å². The Morgan fingerprint density at radius 3 is 1.41 bits per heavy atom. The molecule has 1 unspecified atom stereocenters. The van der Waals surface area contributed by atoms with E-state index in [4.69, 9.17) is 0 Å². The molecule has 0 saturated carbocycles. The van der Waals surface area contributed by atoms with E-state index in [9.17, 15) is 19.8 Å². The summed E-state index contributed by atoms with van der Waals surface area (Å²) in [7, 11) is 0. The summed E-state index contributed by atoms with van der Waals surface area (Å²) >= 11 is 0. The predicted molar refractivity (Wildman–Crippen MR) is 89.0 cm³/mol. The van der Waals surface area contributed by atoms with Gasteiger partial charge in [-0.2, -0.15) is 0 Å². The monoisotopic (exact) mass is 314 g/mol. The molecule has 2 N–H and O–H groups in total. The minimum absolute atomic E-state index is 0.589. The standard InChI is InChI=1S/C18H34O4/c1-5-12-18(8-4,16(21)22)14-11-9-10-13-17(6-2,7-3)15(19)20/h5-14H2,1-4H3,(H,19,20)(H,21,22). The van der Waals surface area contributed by atoms with Crippen LogP contribution in [-0.4, -0.2) is 22.2 Å². The van der Waals surface area contributed by atoms with E-state index in [1.807, 2.05) is 27.7 Å². The van der Waals surface area contributed by atoms with E-state index in [1.165, 1.54) is 0 Å². The van der Waals surface area contributed by atoms with Gasteiger partial charge in [0.1, 0.15) is 0 Å². The van der Waals surface area contributed by atoms with Crippen molar-refractivity contribution in [1.29, 1.82) is 0 Å². The number of carboxylic acid groups (broad SMARTS) is 2. The Balaban J connectivity index is 4.41. The molecule has 0 radical (unpaired) electrons. The number of hydrogen-bond donors (Lipinski definition) is 2. The summed E-state index contributed by atoms with van der Waals surface area (Å²) in [6, 6.07) is 0. The Hall–Kier alpha value is -1.06. The summed E-state index contributed by atoms with van der Waals surface area (Å²) in [6.07, 6.45) is 7.61. The lowest BCUT2D eigenvalue weighted by Crippen LogP contribution is -2.30. The molecule has 0 bridgehead atoms. The zero-order valence-electron chi connectivity index (χ0n) is 14.8. The fraction of sp³-hybridized carbons (Fsp3) is 0.889. The number of hydrogen-bond acceptors (Lipinski definition) is 2. The van der Waals surface area contributed by atoms with Crippen LogP contribution in [0.4, 0.5) is 0 Å². The van der Waals surface area contributed by atoms with Crippen molar-refractivity contribution in [3.8, 4) is 0 Å². The second kappa shape index (κ2) is 9.86. The second-order valence-corrected chi connectivity index (χ2v) is 6.54. The van der Waals surface area contributed by atoms with E-state index >= 15 is 0 Å². The van der Waals surface area contributed by atoms with Crippen molar-refractivity contribution in [2.75, 3.05) is 0 Å². The summed E-state index contributed by atoms with van der Waals surface area (Å²) in [5.41, 5.74) is -1.19. The highest BCUT2D eigenvalue weighted by atomic mass is 16.4. The van der Waals surface area contributed by atoms with Crippen molar-refractivity contribution < 1.29 is 19.8 Å². The first-order valence-corrected chi connectivity index (χ1v) is 8.81. The van der Waals surface area contributed by atoms with Crippen molar-refractivity contribution >= 4 is 11.9 Å². The highest BCUT2D eigenvalue weighted by Crippen LogP contribution is 2.36. The average Bonchev–Trinajstić information content (AvgIpc) is 2.49. The van der Waals surface area contributed by atoms with Gasteiger partial charge in [-0.1, -0.05) is 53.4 Å². The lowest BCUT2D eigenvalue weighted by atomic mass is 9.75. The molecule has 4 nitrogen and oxygen atoms in total. The molecule has 22 heavy (non-hydrogen) atoms. The van der Waals surface area contributed by atoms with E-state index < -0.39 is 22.8 Å². The molecular formula is C18H34O4. The summed E-state index contributed by atoms with van der Waals surface area (Å²) in [5.74, 6) is -1.38. The normalized spacial score (nSPS) is 14.5. The van der Waals surface area contributed by atoms with Crippen LogP contribution in [0.3, 0.4) is 0 Å². The van der Waals surface area contributed by atoms with Crippen LogP contribution >= 0.6 is 0 Å². The second-order valence-electron chi connectivity index (χ2n) is 6.54. The molecule has 0 aliphatic carbocycles. The van der Waals surface area contributed by atoms with E-state index in [0.29, 0.717) is 32.1 Å². The zero-order chi connectivity index (χ0) is 17.2. The van der Waals surface area contributed by atoms with Gasteiger partial charge in [0.2, 0.25) is 0 Å². The van der Waals surface area contributed by atoms with Gasteiger partial charge < -0.3 is 10.2 Å². The lowest BCUT2D eigenvalue weighted by Gasteiger charge is -2.29. The third-order valence-electron chi connectivity index (χ3n) is 5.48. The molecule has 0 spiro atoms. The Kier molecular flexibility index (Phi) is 9.38. The Morgan fingerprint density at radius 2 is 1.09 bits per heavy atom. The summed E-state index contributed by atoms with van der Waals surface area (Å²) in [6.45, 7) is 7.85. The van der Waals surface area contributed by atoms with Crippen molar-refractivity contribution in [3.05, 3.63) is 0 Å². The molecule has 0 rings (SSSR count). The van der Waals surface area contributed by atoms with Crippen LogP contribution in [0.5, 0.6) is 0 Å². The molecule has 0 amide bonds. The molecule has 0 aliphatic heterocycles. The Bertz CT molecular complexity index is 347. The van der Waals surface area contributed by atoms with E-state index in [0.717, 1.165) is 32.1 Å². The van der Waals surface area contributed by atoms with E-state index in [-0.39, 0.29) is 0 Å². The average molecular weight is 314 g/mol. The molecule has 0 saturated heterocycles. The molecule has 0 heterocycles. The van der Waals surface area contributed by atoms with E-state index in [1.54, 1.807) is 0 Å². The van der Waals surface area contributed by atoms with Crippen LogP contribution < -0.4 is 0 Å². The summed E-state index contributed by atoms with van der Waals surface area (Å²) < 4.78 is 0. The molecule has 0 aromatic carbocycles. The number of rotatable bonds is 13. The minimum Gasteiger partial charge on any atom is -0.481 e. The Labute approximate surface area is 135 Å². The SMILES string of the molecule is CCCC(CC)(CCCCCC(CC)(CC)C(=O)O)C(=O)O. The van der Waals surface area contributed by atoms with Gasteiger partial charge in [0.25, 0.3) is 0 Å². The van der Waals surface area contributed by atoms with Gasteiger partial charge in [0.15, 0.2) is 0 Å². The smallest absolute Gasteiger partial charge is 0.309 e. The van der Waals surface area contributed by atoms with Crippen LogP contribution in [0.2, 0.25) is 0 Å². The predicted octanol–water partition coefficient (Wildman–Crippen LogP) is 5.11. The molecule has 0 aromatic heterocycles. The molecule has 130 valence electrons. The molecule has 0 aliphatic rings. The van der Waals surface area contributed by atoms with Crippen LogP contribution in [0.15, 0.2) is 0 Å². The van der Waals surface area contributed by atoms with Gasteiger partial charge in [-0.15, -0.1) is 0 Å². The molecule has 1 atom stereocenters.